The molecule has 4 heteroatoms. The molecule has 0 heterocycles. The van der Waals surface area contributed by atoms with Crippen molar-refractivity contribution in [2.75, 3.05) is 5.32 Å². The lowest BCUT2D eigenvalue weighted by atomic mass is 9.63. The van der Waals surface area contributed by atoms with Crippen LogP contribution in [-0.4, -0.2) is 17.2 Å². The summed E-state index contributed by atoms with van der Waals surface area (Å²) >= 11 is 0. The van der Waals surface area contributed by atoms with Crippen LogP contribution in [0.3, 0.4) is 0 Å². The van der Waals surface area contributed by atoms with E-state index in [9.17, 15) is 10.0 Å². The molecule has 0 unspecified atom stereocenters. The van der Waals surface area contributed by atoms with Crippen molar-refractivity contribution in [3.8, 4) is 11.1 Å². The van der Waals surface area contributed by atoms with Crippen LogP contribution in [0.1, 0.15) is 51.7 Å². The van der Waals surface area contributed by atoms with Crippen LogP contribution in [0.4, 0.5) is 11.4 Å². The van der Waals surface area contributed by atoms with Crippen molar-refractivity contribution in [3.05, 3.63) is 77.9 Å². The van der Waals surface area contributed by atoms with Crippen LogP contribution in [0.2, 0.25) is 0 Å². The van der Waals surface area contributed by atoms with E-state index in [0.717, 1.165) is 23.2 Å². The molecular formula is C26H30BNO2. The zero-order valence-electron chi connectivity index (χ0n) is 18.2. The summed E-state index contributed by atoms with van der Waals surface area (Å²) in [5.74, 6) is 0. The van der Waals surface area contributed by atoms with Crippen molar-refractivity contribution < 1.29 is 10.0 Å². The molecule has 0 aromatic heterocycles. The van der Waals surface area contributed by atoms with Gasteiger partial charge in [-0.1, -0.05) is 76.2 Å². The van der Waals surface area contributed by atoms with Gasteiger partial charge in [-0.15, -0.1) is 0 Å². The highest BCUT2D eigenvalue weighted by molar-refractivity contribution is 6.60. The van der Waals surface area contributed by atoms with Crippen molar-refractivity contribution >= 4 is 24.0 Å². The van der Waals surface area contributed by atoms with Gasteiger partial charge in [-0.3, -0.25) is 0 Å². The van der Waals surface area contributed by atoms with Gasteiger partial charge in [0.15, 0.2) is 0 Å². The van der Waals surface area contributed by atoms with Crippen molar-refractivity contribution in [3.63, 3.8) is 0 Å². The highest BCUT2D eigenvalue weighted by atomic mass is 16.4. The lowest BCUT2D eigenvalue weighted by Crippen LogP contribution is -2.34. The molecule has 3 aromatic rings. The number of anilines is 2. The second kappa shape index (κ2) is 7.61. The molecule has 0 saturated carbocycles. The van der Waals surface area contributed by atoms with E-state index in [4.69, 9.17) is 0 Å². The number of hydrogen-bond donors (Lipinski definition) is 3. The lowest BCUT2D eigenvalue weighted by Gasteiger charge is -2.42. The molecule has 3 aromatic carbocycles. The van der Waals surface area contributed by atoms with Crippen LogP contribution in [0, 0.1) is 0 Å². The SMILES string of the molecule is CC1(C)CCC(C)(C)c2cc(Nc3ccc(-c4ccccc4)cc3B(O)O)ccc21. The normalized spacial score (nSPS) is 16.6. The van der Waals surface area contributed by atoms with Crippen molar-refractivity contribution in [2.45, 2.75) is 51.4 Å². The molecule has 154 valence electrons. The van der Waals surface area contributed by atoms with Gasteiger partial charge in [-0.2, -0.15) is 0 Å². The van der Waals surface area contributed by atoms with Crippen molar-refractivity contribution in [1.29, 1.82) is 0 Å². The van der Waals surface area contributed by atoms with E-state index in [2.05, 4.69) is 51.2 Å². The standard InChI is InChI=1S/C26H30BNO2/c1-25(2)14-15-26(3,4)22-17-20(11-12-21(22)25)28-24-13-10-19(16-23(24)27(29)30)18-8-6-5-7-9-18/h5-13,16-17,28-30H,14-15H2,1-4H3. The zero-order valence-corrected chi connectivity index (χ0v) is 18.2. The molecule has 30 heavy (non-hydrogen) atoms. The predicted octanol–water partition coefficient (Wildman–Crippen LogP) is 5.13. The third kappa shape index (κ3) is 3.90. The quantitative estimate of drug-likeness (QED) is 0.534. The molecule has 1 aliphatic rings. The van der Waals surface area contributed by atoms with Gasteiger partial charge in [0.2, 0.25) is 0 Å². The summed E-state index contributed by atoms with van der Waals surface area (Å²) in [6, 6.07) is 22.3. The fourth-order valence-corrected chi connectivity index (χ4v) is 4.52. The largest absolute Gasteiger partial charge is 0.490 e. The first-order valence-corrected chi connectivity index (χ1v) is 10.6. The van der Waals surface area contributed by atoms with Gasteiger partial charge in [0.1, 0.15) is 0 Å². The topological polar surface area (TPSA) is 52.5 Å². The molecule has 0 aliphatic heterocycles. The summed E-state index contributed by atoms with van der Waals surface area (Å²) in [6.07, 6.45) is 2.34. The smallest absolute Gasteiger partial charge is 0.423 e. The van der Waals surface area contributed by atoms with E-state index in [1.54, 1.807) is 0 Å². The Kier molecular flexibility index (Phi) is 5.25. The maximum Gasteiger partial charge on any atom is 0.490 e. The molecule has 0 radical (unpaired) electrons. The number of nitrogens with one attached hydrogen (secondary N) is 1. The molecule has 0 amide bonds. The predicted molar refractivity (Wildman–Crippen MR) is 127 cm³/mol. The van der Waals surface area contributed by atoms with E-state index < -0.39 is 7.12 Å². The summed E-state index contributed by atoms with van der Waals surface area (Å²) in [5.41, 5.74) is 7.22. The molecule has 0 fully saturated rings. The van der Waals surface area contributed by atoms with Crippen molar-refractivity contribution in [2.24, 2.45) is 0 Å². The van der Waals surface area contributed by atoms with Crippen molar-refractivity contribution in [1.82, 2.24) is 0 Å². The molecular weight excluding hydrogens is 369 g/mol. The average molecular weight is 399 g/mol. The van der Waals surface area contributed by atoms with Crippen LogP contribution < -0.4 is 10.8 Å². The van der Waals surface area contributed by atoms with Gasteiger partial charge < -0.3 is 15.4 Å². The Morgan fingerprint density at radius 3 is 2.07 bits per heavy atom. The van der Waals surface area contributed by atoms with Crippen LogP contribution in [0.15, 0.2) is 66.7 Å². The average Bonchev–Trinajstić information content (AvgIpc) is 2.72. The van der Waals surface area contributed by atoms with Crippen LogP contribution in [0.25, 0.3) is 11.1 Å². The summed E-state index contributed by atoms with van der Waals surface area (Å²) in [5, 5.41) is 23.5. The Bertz CT molecular complexity index is 1060. The summed E-state index contributed by atoms with van der Waals surface area (Å²) in [6.45, 7) is 9.25. The fraction of sp³-hybridized carbons (Fsp3) is 0.308. The van der Waals surface area contributed by atoms with Crippen LogP contribution in [-0.2, 0) is 10.8 Å². The lowest BCUT2D eigenvalue weighted by molar-refractivity contribution is 0.332. The van der Waals surface area contributed by atoms with Gasteiger partial charge in [-0.05, 0) is 64.1 Å². The second-order valence-electron chi connectivity index (χ2n) is 9.69. The minimum absolute atomic E-state index is 0.124. The maximum absolute atomic E-state index is 10.0. The van der Waals surface area contributed by atoms with E-state index in [-0.39, 0.29) is 10.8 Å². The molecule has 0 bridgehead atoms. The minimum Gasteiger partial charge on any atom is -0.423 e. The first kappa shape index (κ1) is 20.7. The summed E-state index contributed by atoms with van der Waals surface area (Å²) < 4.78 is 0. The van der Waals surface area contributed by atoms with E-state index in [1.165, 1.54) is 17.5 Å². The first-order chi connectivity index (χ1) is 14.2. The number of benzene rings is 3. The number of rotatable bonds is 4. The maximum atomic E-state index is 10.0. The summed E-state index contributed by atoms with van der Waals surface area (Å²) in [4.78, 5) is 0. The first-order valence-electron chi connectivity index (χ1n) is 10.6. The van der Waals surface area contributed by atoms with E-state index in [0.29, 0.717) is 11.2 Å². The Balaban J connectivity index is 1.71. The molecule has 0 spiro atoms. The zero-order chi connectivity index (χ0) is 21.5. The molecule has 4 rings (SSSR count). The highest BCUT2D eigenvalue weighted by Crippen LogP contribution is 2.46. The van der Waals surface area contributed by atoms with Gasteiger partial charge in [0.25, 0.3) is 0 Å². The molecule has 0 atom stereocenters. The number of hydrogen-bond acceptors (Lipinski definition) is 3. The fourth-order valence-electron chi connectivity index (χ4n) is 4.52. The third-order valence-electron chi connectivity index (χ3n) is 6.57. The second-order valence-corrected chi connectivity index (χ2v) is 9.69. The van der Waals surface area contributed by atoms with E-state index >= 15 is 0 Å². The molecule has 3 nitrogen and oxygen atoms in total. The number of fused-ring (bicyclic) bond motifs is 1. The Hall–Kier alpha value is -2.56. The van der Waals surface area contributed by atoms with Gasteiger partial charge in [0.05, 0.1) is 0 Å². The summed E-state index contributed by atoms with van der Waals surface area (Å²) in [7, 11) is -1.55. The minimum atomic E-state index is -1.55. The van der Waals surface area contributed by atoms with Gasteiger partial charge >= 0.3 is 7.12 Å². The Labute approximate surface area is 179 Å². The van der Waals surface area contributed by atoms with Crippen LogP contribution >= 0.6 is 0 Å². The highest BCUT2D eigenvalue weighted by Gasteiger charge is 2.37. The Morgan fingerprint density at radius 1 is 0.733 bits per heavy atom. The third-order valence-corrected chi connectivity index (χ3v) is 6.57. The monoisotopic (exact) mass is 399 g/mol. The Morgan fingerprint density at radius 2 is 1.40 bits per heavy atom. The molecule has 0 saturated heterocycles. The van der Waals surface area contributed by atoms with Gasteiger partial charge in [-0.25, -0.2) is 0 Å². The molecule has 1 aliphatic carbocycles. The molecule has 3 N–H and O–H groups in total. The van der Waals surface area contributed by atoms with E-state index in [1.807, 2.05) is 48.5 Å². The van der Waals surface area contributed by atoms with Gasteiger partial charge in [0, 0.05) is 16.8 Å². The van der Waals surface area contributed by atoms with Crippen LogP contribution in [0.5, 0.6) is 0 Å².